The summed E-state index contributed by atoms with van der Waals surface area (Å²) in [6.45, 7) is 8.67. The SMILES string of the molecule is CCc1cc(C=O)cc(CC)c1-c1cc(CC)c(-c2ccc(C=O)s2)c(CC)c1. The average Bonchev–Trinajstić information content (AvgIpc) is 3.25. The molecular formula is C26H28O2S. The molecule has 0 atom stereocenters. The molecule has 0 spiro atoms. The number of carbonyl (C=O) groups excluding carboxylic acids is 2. The van der Waals surface area contributed by atoms with Gasteiger partial charge in [0.1, 0.15) is 6.29 Å². The van der Waals surface area contributed by atoms with E-state index in [-0.39, 0.29) is 0 Å². The standard InChI is InChI=1S/C26H28O2S/c1-5-18-11-17(15-27)12-19(6-2)25(18)22-13-20(7-3)26(21(8-4)14-22)24-10-9-23(16-28)29-24/h9-16H,5-8H2,1-4H3. The average molecular weight is 405 g/mol. The number of carbonyl (C=O) groups is 2. The van der Waals surface area contributed by atoms with Gasteiger partial charge >= 0.3 is 0 Å². The fourth-order valence-corrected chi connectivity index (χ4v) is 5.07. The van der Waals surface area contributed by atoms with Gasteiger partial charge in [0.25, 0.3) is 0 Å². The van der Waals surface area contributed by atoms with Gasteiger partial charge in [-0.25, -0.2) is 0 Å². The number of hydrogen-bond acceptors (Lipinski definition) is 3. The van der Waals surface area contributed by atoms with E-state index < -0.39 is 0 Å². The van der Waals surface area contributed by atoms with Crippen LogP contribution in [0.2, 0.25) is 0 Å². The zero-order valence-electron chi connectivity index (χ0n) is 17.7. The molecule has 0 aliphatic heterocycles. The number of hydrogen-bond donors (Lipinski definition) is 0. The van der Waals surface area contributed by atoms with E-state index in [1.165, 1.54) is 38.9 Å². The lowest BCUT2D eigenvalue weighted by molar-refractivity contribution is 0.111. The minimum atomic E-state index is 0.755. The van der Waals surface area contributed by atoms with Gasteiger partial charge in [0, 0.05) is 10.4 Å². The molecule has 1 aromatic heterocycles. The van der Waals surface area contributed by atoms with E-state index in [0.29, 0.717) is 0 Å². The van der Waals surface area contributed by atoms with Crippen molar-refractivity contribution in [3.05, 3.63) is 69.1 Å². The van der Waals surface area contributed by atoms with Crippen LogP contribution in [0.25, 0.3) is 21.6 Å². The molecule has 1 heterocycles. The van der Waals surface area contributed by atoms with Gasteiger partial charge in [-0.2, -0.15) is 0 Å². The molecule has 0 aliphatic carbocycles. The second-order valence-corrected chi connectivity index (χ2v) is 8.35. The molecule has 0 amide bonds. The third-order valence-corrected chi connectivity index (χ3v) is 6.59. The molecule has 3 heteroatoms. The Morgan fingerprint density at radius 3 is 1.62 bits per heavy atom. The van der Waals surface area contributed by atoms with Crippen molar-refractivity contribution < 1.29 is 9.59 Å². The molecule has 0 unspecified atom stereocenters. The van der Waals surface area contributed by atoms with Crippen molar-refractivity contribution in [2.75, 3.05) is 0 Å². The maximum absolute atomic E-state index is 11.4. The maximum atomic E-state index is 11.4. The fraction of sp³-hybridized carbons (Fsp3) is 0.308. The van der Waals surface area contributed by atoms with E-state index in [2.05, 4.69) is 45.9 Å². The summed E-state index contributed by atoms with van der Waals surface area (Å²) in [6.07, 6.45) is 5.52. The molecule has 3 aromatic rings. The van der Waals surface area contributed by atoms with Crippen LogP contribution in [-0.2, 0) is 25.7 Å². The van der Waals surface area contributed by atoms with Crippen LogP contribution in [0.5, 0.6) is 0 Å². The highest BCUT2D eigenvalue weighted by molar-refractivity contribution is 7.17. The van der Waals surface area contributed by atoms with Crippen molar-refractivity contribution in [3.8, 4) is 21.6 Å². The first-order chi connectivity index (χ1) is 14.1. The Morgan fingerprint density at radius 1 is 0.690 bits per heavy atom. The molecule has 0 saturated heterocycles. The van der Waals surface area contributed by atoms with Gasteiger partial charge in [0.05, 0.1) is 4.88 Å². The molecule has 29 heavy (non-hydrogen) atoms. The lowest BCUT2D eigenvalue weighted by Crippen LogP contribution is -2.01. The fourth-order valence-electron chi connectivity index (χ4n) is 4.13. The number of aryl methyl sites for hydroxylation is 4. The largest absolute Gasteiger partial charge is 0.298 e. The van der Waals surface area contributed by atoms with Gasteiger partial charge in [0.15, 0.2) is 6.29 Å². The molecule has 3 rings (SSSR count). The third kappa shape index (κ3) is 4.11. The molecule has 0 N–H and O–H groups in total. The molecular weight excluding hydrogens is 376 g/mol. The Kier molecular flexibility index (Phi) is 6.81. The van der Waals surface area contributed by atoms with Gasteiger partial charge in [-0.05, 0) is 88.9 Å². The van der Waals surface area contributed by atoms with Crippen LogP contribution in [0.1, 0.15) is 70.0 Å². The quantitative estimate of drug-likeness (QED) is 0.380. The Bertz CT molecular complexity index is 993. The molecule has 2 aromatic carbocycles. The summed E-state index contributed by atoms with van der Waals surface area (Å²) in [5.41, 5.74) is 9.61. The van der Waals surface area contributed by atoms with E-state index in [0.717, 1.165) is 53.6 Å². The summed E-state index contributed by atoms with van der Waals surface area (Å²) in [5, 5.41) is 0. The van der Waals surface area contributed by atoms with Crippen LogP contribution >= 0.6 is 11.3 Å². The Hall–Kier alpha value is -2.52. The lowest BCUT2D eigenvalue weighted by atomic mass is 9.85. The Labute approximate surface area is 177 Å². The number of benzene rings is 2. The first-order valence-electron chi connectivity index (χ1n) is 10.4. The van der Waals surface area contributed by atoms with Crippen molar-refractivity contribution in [1.29, 1.82) is 0 Å². The van der Waals surface area contributed by atoms with E-state index in [1.807, 2.05) is 18.2 Å². The first kappa shape index (κ1) is 21.2. The smallest absolute Gasteiger partial charge is 0.160 e. The summed E-state index contributed by atoms with van der Waals surface area (Å²) in [5.74, 6) is 0. The number of thiophene rings is 1. The molecule has 0 aliphatic rings. The zero-order chi connectivity index (χ0) is 21.0. The van der Waals surface area contributed by atoms with Gasteiger partial charge in [-0.1, -0.05) is 39.8 Å². The van der Waals surface area contributed by atoms with Crippen LogP contribution in [0.15, 0.2) is 36.4 Å². The summed E-state index contributed by atoms with van der Waals surface area (Å²) in [7, 11) is 0. The monoisotopic (exact) mass is 404 g/mol. The predicted octanol–water partition coefficient (Wildman–Crippen LogP) is 6.96. The van der Waals surface area contributed by atoms with Crippen molar-refractivity contribution in [1.82, 2.24) is 0 Å². The van der Waals surface area contributed by atoms with E-state index in [9.17, 15) is 9.59 Å². The number of rotatable bonds is 8. The van der Waals surface area contributed by atoms with Crippen molar-refractivity contribution >= 4 is 23.9 Å². The topological polar surface area (TPSA) is 34.1 Å². The van der Waals surface area contributed by atoms with Gasteiger partial charge in [-0.3, -0.25) is 9.59 Å². The van der Waals surface area contributed by atoms with E-state index in [1.54, 1.807) is 11.3 Å². The van der Waals surface area contributed by atoms with E-state index in [4.69, 9.17) is 0 Å². The highest BCUT2D eigenvalue weighted by Gasteiger charge is 2.17. The minimum Gasteiger partial charge on any atom is -0.298 e. The summed E-state index contributed by atoms with van der Waals surface area (Å²) >= 11 is 1.56. The maximum Gasteiger partial charge on any atom is 0.160 e. The molecule has 2 nitrogen and oxygen atoms in total. The zero-order valence-corrected chi connectivity index (χ0v) is 18.5. The highest BCUT2D eigenvalue weighted by Crippen LogP contribution is 2.39. The predicted molar refractivity (Wildman–Crippen MR) is 123 cm³/mol. The lowest BCUT2D eigenvalue weighted by Gasteiger charge is -2.19. The van der Waals surface area contributed by atoms with Gasteiger partial charge < -0.3 is 0 Å². The molecule has 0 saturated carbocycles. The first-order valence-corrected chi connectivity index (χ1v) is 11.2. The van der Waals surface area contributed by atoms with Gasteiger partial charge in [-0.15, -0.1) is 11.3 Å². The highest BCUT2D eigenvalue weighted by atomic mass is 32.1. The summed E-state index contributed by atoms with van der Waals surface area (Å²) < 4.78 is 0. The van der Waals surface area contributed by atoms with Crippen LogP contribution in [-0.4, -0.2) is 12.6 Å². The minimum absolute atomic E-state index is 0.755. The molecule has 0 bridgehead atoms. The van der Waals surface area contributed by atoms with Crippen LogP contribution < -0.4 is 0 Å². The van der Waals surface area contributed by atoms with Crippen LogP contribution in [0.3, 0.4) is 0 Å². The van der Waals surface area contributed by atoms with Crippen LogP contribution in [0.4, 0.5) is 0 Å². The Morgan fingerprint density at radius 2 is 1.21 bits per heavy atom. The van der Waals surface area contributed by atoms with Crippen LogP contribution in [0, 0.1) is 0 Å². The Balaban J connectivity index is 2.27. The third-order valence-electron chi connectivity index (χ3n) is 5.56. The van der Waals surface area contributed by atoms with Gasteiger partial charge in [0.2, 0.25) is 0 Å². The van der Waals surface area contributed by atoms with Crippen molar-refractivity contribution in [3.63, 3.8) is 0 Å². The molecule has 150 valence electrons. The number of aldehydes is 2. The normalized spacial score (nSPS) is 10.9. The summed E-state index contributed by atoms with van der Waals surface area (Å²) in [6, 6.07) is 12.6. The van der Waals surface area contributed by atoms with Crippen molar-refractivity contribution in [2.24, 2.45) is 0 Å². The van der Waals surface area contributed by atoms with E-state index >= 15 is 0 Å². The second kappa shape index (κ2) is 9.32. The summed E-state index contributed by atoms with van der Waals surface area (Å²) in [4.78, 5) is 24.5. The molecule has 0 radical (unpaired) electrons. The second-order valence-electron chi connectivity index (χ2n) is 7.24. The van der Waals surface area contributed by atoms with Crippen molar-refractivity contribution in [2.45, 2.75) is 53.4 Å². The molecule has 0 fully saturated rings.